The van der Waals surface area contributed by atoms with Crippen LogP contribution in [0.25, 0.3) is 0 Å². The lowest BCUT2D eigenvalue weighted by atomic mass is 9.86. The van der Waals surface area contributed by atoms with E-state index in [0.717, 1.165) is 5.56 Å². The number of methoxy groups -OCH3 is 3. The van der Waals surface area contributed by atoms with Crippen molar-refractivity contribution in [1.82, 2.24) is 9.55 Å². The summed E-state index contributed by atoms with van der Waals surface area (Å²) in [6.45, 7) is 0. The third-order valence-corrected chi connectivity index (χ3v) is 6.72. The van der Waals surface area contributed by atoms with Gasteiger partial charge in [-0.1, -0.05) is 48.2 Å². The molecule has 172 valence electrons. The second kappa shape index (κ2) is 9.58. The number of thioether (sulfide) groups is 1. The van der Waals surface area contributed by atoms with Gasteiger partial charge in [0.2, 0.25) is 11.7 Å². The first-order chi connectivity index (χ1) is 16.0. The Hall–Kier alpha value is -3.46. The molecule has 1 atom stereocenters. The average molecular weight is 468 g/mol. The molecule has 1 N–H and O–H groups in total. The zero-order valence-corrected chi connectivity index (χ0v) is 19.7. The molecule has 2 aromatic carbocycles. The van der Waals surface area contributed by atoms with Gasteiger partial charge < -0.3 is 24.1 Å². The first-order valence-electron chi connectivity index (χ1n) is 10.3. The Kier molecular flexibility index (Phi) is 6.60. The van der Waals surface area contributed by atoms with Gasteiger partial charge in [0, 0.05) is 30.7 Å². The highest BCUT2D eigenvalue weighted by Crippen LogP contribution is 2.46. The topological polar surface area (TPSA) is 91.7 Å². The molecule has 9 heteroatoms. The predicted octanol–water partition coefficient (Wildman–Crippen LogP) is 3.57. The highest BCUT2D eigenvalue weighted by molar-refractivity contribution is 7.98. The monoisotopic (exact) mass is 467 g/mol. The van der Waals surface area contributed by atoms with Crippen molar-refractivity contribution in [3.8, 4) is 17.2 Å². The number of ether oxygens (including phenoxy) is 3. The fraction of sp³-hybridized carbons (Fsp3) is 0.292. The number of nitrogens with zero attached hydrogens (tertiary/aromatic N) is 2. The van der Waals surface area contributed by atoms with Crippen LogP contribution in [0.4, 0.5) is 5.82 Å². The lowest BCUT2D eigenvalue weighted by Crippen LogP contribution is -2.33. The molecule has 33 heavy (non-hydrogen) atoms. The fourth-order valence-corrected chi connectivity index (χ4v) is 4.97. The third-order valence-electron chi connectivity index (χ3n) is 5.62. The number of amides is 1. The van der Waals surface area contributed by atoms with E-state index in [1.54, 1.807) is 23.7 Å². The smallest absolute Gasteiger partial charge is 0.279 e. The summed E-state index contributed by atoms with van der Waals surface area (Å²) in [6, 6.07) is 13.5. The van der Waals surface area contributed by atoms with E-state index in [1.165, 1.54) is 33.1 Å². The molecule has 1 aliphatic rings. The Bertz CT molecular complexity index is 1240. The largest absolute Gasteiger partial charge is 0.493 e. The number of hydrogen-bond donors (Lipinski definition) is 1. The summed E-state index contributed by atoms with van der Waals surface area (Å²) in [7, 11) is 6.37. The van der Waals surface area contributed by atoms with Gasteiger partial charge in [-0.05, 0) is 11.6 Å². The van der Waals surface area contributed by atoms with E-state index in [-0.39, 0.29) is 17.9 Å². The highest BCUT2D eigenvalue weighted by Gasteiger charge is 2.35. The van der Waals surface area contributed by atoms with Gasteiger partial charge in [-0.3, -0.25) is 9.59 Å². The maximum Gasteiger partial charge on any atom is 0.279 e. The van der Waals surface area contributed by atoms with E-state index >= 15 is 0 Å². The average Bonchev–Trinajstić information content (AvgIpc) is 2.84. The number of anilines is 1. The van der Waals surface area contributed by atoms with Crippen LogP contribution in [-0.4, -0.2) is 36.8 Å². The molecule has 4 rings (SSSR count). The quantitative estimate of drug-likeness (QED) is 0.420. The molecule has 0 bridgehead atoms. The standard InChI is InChI=1S/C24H25N3O5S/c1-27-22-19(23(29)26-24(27)33-13-14-8-6-5-7-9-14)16(12-18(28)25-22)15-10-11-17(30-2)21(32-4)20(15)31-3/h5-11,16H,12-13H2,1-4H3,(H,25,28). The van der Waals surface area contributed by atoms with Gasteiger partial charge in [-0.25, -0.2) is 0 Å². The lowest BCUT2D eigenvalue weighted by Gasteiger charge is -2.29. The molecule has 0 fully saturated rings. The van der Waals surface area contributed by atoms with Crippen molar-refractivity contribution < 1.29 is 19.0 Å². The zero-order valence-electron chi connectivity index (χ0n) is 18.9. The molecule has 1 amide bonds. The van der Waals surface area contributed by atoms with Crippen LogP contribution in [0, 0.1) is 0 Å². The molecule has 1 aromatic heterocycles. The van der Waals surface area contributed by atoms with E-state index in [2.05, 4.69) is 10.3 Å². The molecule has 0 aliphatic carbocycles. The van der Waals surface area contributed by atoms with Crippen molar-refractivity contribution in [2.45, 2.75) is 23.2 Å². The molecule has 1 unspecified atom stereocenters. The van der Waals surface area contributed by atoms with Gasteiger partial charge in [0.25, 0.3) is 5.56 Å². The maximum absolute atomic E-state index is 13.2. The van der Waals surface area contributed by atoms with E-state index in [0.29, 0.717) is 45.1 Å². The van der Waals surface area contributed by atoms with Crippen molar-refractivity contribution >= 4 is 23.5 Å². The minimum absolute atomic E-state index is 0.0896. The van der Waals surface area contributed by atoms with Gasteiger partial charge in [-0.2, -0.15) is 4.98 Å². The van der Waals surface area contributed by atoms with Gasteiger partial charge in [-0.15, -0.1) is 0 Å². The van der Waals surface area contributed by atoms with Crippen LogP contribution in [0.1, 0.15) is 29.0 Å². The summed E-state index contributed by atoms with van der Waals surface area (Å²) in [6.07, 6.45) is 0.0896. The summed E-state index contributed by atoms with van der Waals surface area (Å²) in [5.41, 5.74) is 1.83. The number of fused-ring (bicyclic) bond motifs is 1. The molecule has 0 saturated carbocycles. The van der Waals surface area contributed by atoms with Crippen LogP contribution in [0.2, 0.25) is 0 Å². The first kappa shape index (κ1) is 22.7. The lowest BCUT2D eigenvalue weighted by molar-refractivity contribution is -0.116. The van der Waals surface area contributed by atoms with Crippen LogP contribution < -0.4 is 25.1 Å². The third kappa shape index (κ3) is 4.28. The van der Waals surface area contributed by atoms with Crippen LogP contribution in [0.5, 0.6) is 17.2 Å². The summed E-state index contributed by atoms with van der Waals surface area (Å²) < 4.78 is 18.3. The van der Waals surface area contributed by atoms with E-state index < -0.39 is 5.92 Å². The minimum atomic E-state index is -0.539. The molecular weight excluding hydrogens is 442 g/mol. The molecule has 8 nitrogen and oxygen atoms in total. The second-order valence-electron chi connectivity index (χ2n) is 7.52. The van der Waals surface area contributed by atoms with Gasteiger partial charge in [0.1, 0.15) is 5.82 Å². The van der Waals surface area contributed by atoms with Gasteiger partial charge in [0.05, 0.1) is 26.9 Å². The SMILES string of the molecule is COc1ccc(C2CC(=O)Nc3c2c(=O)nc(SCc2ccccc2)n3C)c(OC)c1OC. The van der Waals surface area contributed by atoms with Crippen LogP contribution in [0.15, 0.2) is 52.4 Å². The number of aromatic nitrogens is 2. The van der Waals surface area contributed by atoms with Crippen molar-refractivity contribution in [1.29, 1.82) is 0 Å². The number of carbonyl (C=O) groups excluding carboxylic acids is 1. The fourth-order valence-electron chi connectivity index (χ4n) is 4.05. The summed E-state index contributed by atoms with van der Waals surface area (Å²) in [5.74, 6) is 1.70. The number of benzene rings is 2. The molecule has 0 radical (unpaired) electrons. The molecule has 0 spiro atoms. The second-order valence-corrected chi connectivity index (χ2v) is 8.47. The van der Waals surface area contributed by atoms with Gasteiger partial charge in [0.15, 0.2) is 16.7 Å². The van der Waals surface area contributed by atoms with Crippen molar-refractivity contribution in [2.24, 2.45) is 7.05 Å². The van der Waals surface area contributed by atoms with Crippen molar-refractivity contribution in [3.63, 3.8) is 0 Å². The number of nitrogens with one attached hydrogen (secondary N) is 1. The Balaban J connectivity index is 1.79. The Labute approximate surface area is 195 Å². The van der Waals surface area contributed by atoms with E-state index in [9.17, 15) is 9.59 Å². The molecule has 3 aromatic rings. The molecule has 1 aliphatic heterocycles. The van der Waals surface area contributed by atoms with Crippen LogP contribution in [-0.2, 0) is 17.6 Å². The number of hydrogen-bond acceptors (Lipinski definition) is 7. The van der Waals surface area contributed by atoms with Crippen molar-refractivity contribution in [3.05, 3.63) is 69.5 Å². The highest BCUT2D eigenvalue weighted by atomic mass is 32.2. The van der Waals surface area contributed by atoms with Crippen LogP contribution in [0.3, 0.4) is 0 Å². The maximum atomic E-state index is 13.2. The van der Waals surface area contributed by atoms with Crippen LogP contribution >= 0.6 is 11.8 Å². The summed E-state index contributed by atoms with van der Waals surface area (Å²) >= 11 is 1.44. The van der Waals surface area contributed by atoms with E-state index in [1.807, 2.05) is 30.3 Å². The number of rotatable bonds is 7. The summed E-state index contributed by atoms with van der Waals surface area (Å²) in [5, 5.41) is 3.40. The Morgan fingerprint density at radius 1 is 1.03 bits per heavy atom. The van der Waals surface area contributed by atoms with Gasteiger partial charge >= 0.3 is 0 Å². The normalized spacial score (nSPS) is 14.9. The number of carbonyl (C=O) groups is 1. The minimum Gasteiger partial charge on any atom is -0.493 e. The Morgan fingerprint density at radius 2 is 1.76 bits per heavy atom. The first-order valence-corrected chi connectivity index (χ1v) is 11.3. The summed E-state index contributed by atoms with van der Waals surface area (Å²) in [4.78, 5) is 30.3. The van der Waals surface area contributed by atoms with Crippen molar-refractivity contribution in [2.75, 3.05) is 26.6 Å². The van der Waals surface area contributed by atoms with E-state index in [4.69, 9.17) is 14.2 Å². The Morgan fingerprint density at radius 3 is 2.42 bits per heavy atom. The molecular formula is C24H25N3O5S. The predicted molar refractivity (Wildman–Crippen MR) is 127 cm³/mol. The molecule has 2 heterocycles. The molecule has 0 saturated heterocycles. The zero-order chi connectivity index (χ0) is 23.5.